The fourth-order valence-corrected chi connectivity index (χ4v) is 3.10. The van der Waals surface area contributed by atoms with Crippen LogP contribution in [-0.4, -0.2) is 50.2 Å². The van der Waals surface area contributed by atoms with Gasteiger partial charge in [0.1, 0.15) is 12.1 Å². The van der Waals surface area contributed by atoms with Crippen molar-refractivity contribution in [3.8, 4) is 0 Å². The van der Waals surface area contributed by atoms with E-state index in [0.717, 1.165) is 41.7 Å². The summed E-state index contributed by atoms with van der Waals surface area (Å²) in [5, 5.41) is 13.3. The number of aromatic nitrogens is 5. The molecule has 0 aromatic carbocycles. The Bertz CT molecular complexity index is 904. The number of fused-ring (bicyclic) bond motifs is 3. The second kappa shape index (κ2) is 5.70. The molecule has 4 heterocycles. The van der Waals surface area contributed by atoms with Crippen LogP contribution in [0.4, 0.5) is 5.82 Å². The van der Waals surface area contributed by atoms with Gasteiger partial charge in [-0.2, -0.15) is 0 Å². The number of hydrogen-bond acceptors (Lipinski definition) is 6. The summed E-state index contributed by atoms with van der Waals surface area (Å²) in [5.74, 6) is 0.933. The number of H-pyrrole nitrogens is 1. The van der Waals surface area contributed by atoms with E-state index in [0.29, 0.717) is 5.65 Å². The predicted octanol–water partition coefficient (Wildman–Crippen LogP) is 1.25. The molecule has 1 saturated heterocycles. The molecule has 1 unspecified atom stereocenters. The second-order valence-corrected chi connectivity index (χ2v) is 6.43. The molecule has 0 spiro atoms. The van der Waals surface area contributed by atoms with E-state index in [-0.39, 0.29) is 17.9 Å². The summed E-state index contributed by atoms with van der Waals surface area (Å²) in [6.45, 7) is 5.38. The molecule has 3 aromatic heterocycles. The molecular formula is C16H19N7O. The van der Waals surface area contributed by atoms with E-state index in [9.17, 15) is 4.79 Å². The third-order valence-corrected chi connectivity index (χ3v) is 4.41. The van der Waals surface area contributed by atoms with Crippen LogP contribution < -0.4 is 10.2 Å². The van der Waals surface area contributed by atoms with E-state index in [1.807, 2.05) is 26.1 Å². The highest BCUT2D eigenvalue weighted by atomic mass is 16.1. The van der Waals surface area contributed by atoms with Gasteiger partial charge < -0.3 is 15.2 Å². The minimum atomic E-state index is -0.00585. The highest BCUT2D eigenvalue weighted by Gasteiger charge is 2.27. The van der Waals surface area contributed by atoms with Crippen LogP contribution in [0.3, 0.4) is 0 Å². The van der Waals surface area contributed by atoms with Gasteiger partial charge in [0, 0.05) is 36.6 Å². The average Bonchev–Trinajstić information content (AvgIpc) is 3.22. The van der Waals surface area contributed by atoms with Gasteiger partial charge in [0.15, 0.2) is 11.3 Å². The summed E-state index contributed by atoms with van der Waals surface area (Å²) in [7, 11) is 0. The van der Waals surface area contributed by atoms with Crippen LogP contribution in [0, 0.1) is 5.92 Å². The van der Waals surface area contributed by atoms with Crippen LogP contribution in [0.25, 0.3) is 22.1 Å². The van der Waals surface area contributed by atoms with Crippen molar-refractivity contribution in [2.45, 2.75) is 26.3 Å². The van der Waals surface area contributed by atoms with Gasteiger partial charge in [0.25, 0.3) is 0 Å². The van der Waals surface area contributed by atoms with E-state index in [4.69, 9.17) is 0 Å². The highest BCUT2D eigenvalue weighted by molar-refractivity contribution is 6.07. The lowest BCUT2D eigenvalue weighted by atomic mass is 10.2. The molecule has 1 fully saturated rings. The number of rotatable bonds is 3. The third-order valence-electron chi connectivity index (χ3n) is 4.41. The molecule has 2 N–H and O–H groups in total. The maximum absolute atomic E-state index is 11.9. The number of carbonyl (C=O) groups is 1. The van der Waals surface area contributed by atoms with E-state index < -0.39 is 0 Å². The number of amides is 1. The third kappa shape index (κ3) is 2.44. The lowest BCUT2D eigenvalue weighted by Crippen LogP contribution is -2.39. The molecule has 0 aliphatic carbocycles. The molecular weight excluding hydrogens is 306 g/mol. The summed E-state index contributed by atoms with van der Waals surface area (Å²) >= 11 is 0. The monoisotopic (exact) mass is 325 g/mol. The molecule has 1 aliphatic rings. The first-order valence-electron chi connectivity index (χ1n) is 8.13. The maximum atomic E-state index is 11.9. The molecule has 1 aliphatic heterocycles. The Hall–Kier alpha value is -2.77. The first-order chi connectivity index (χ1) is 11.6. The normalized spacial score (nSPS) is 18.0. The molecule has 1 atom stereocenters. The number of anilines is 1. The maximum Gasteiger partial charge on any atom is 0.222 e. The molecule has 8 nitrogen and oxygen atoms in total. The Morgan fingerprint density at radius 1 is 1.38 bits per heavy atom. The Labute approximate surface area is 138 Å². The van der Waals surface area contributed by atoms with Gasteiger partial charge in [-0.3, -0.25) is 4.79 Å². The van der Waals surface area contributed by atoms with Crippen LogP contribution in [0.1, 0.15) is 20.3 Å². The van der Waals surface area contributed by atoms with Crippen molar-refractivity contribution in [1.82, 2.24) is 30.5 Å². The van der Waals surface area contributed by atoms with Gasteiger partial charge in [-0.25, -0.2) is 9.97 Å². The number of hydrogen-bond donors (Lipinski definition) is 2. The number of aromatic amines is 1. The Morgan fingerprint density at radius 3 is 3.08 bits per heavy atom. The van der Waals surface area contributed by atoms with Gasteiger partial charge in [-0.1, -0.05) is 13.8 Å². The fraction of sp³-hybridized carbons (Fsp3) is 0.438. The minimum Gasteiger partial charge on any atom is -0.354 e. The Balaban J connectivity index is 1.68. The van der Waals surface area contributed by atoms with Crippen molar-refractivity contribution < 1.29 is 4.79 Å². The van der Waals surface area contributed by atoms with Gasteiger partial charge in [-0.05, 0) is 12.5 Å². The highest BCUT2D eigenvalue weighted by Crippen LogP contribution is 2.30. The number of nitrogens with one attached hydrogen (secondary N) is 2. The van der Waals surface area contributed by atoms with Crippen LogP contribution >= 0.6 is 0 Å². The van der Waals surface area contributed by atoms with E-state index in [1.54, 1.807) is 0 Å². The molecule has 1 amide bonds. The molecule has 124 valence electrons. The van der Waals surface area contributed by atoms with E-state index in [2.05, 4.69) is 35.4 Å². The lowest BCUT2D eigenvalue weighted by molar-refractivity contribution is -0.124. The van der Waals surface area contributed by atoms with Crippen LogP contribution in [-0.2, 0) is 4.79 Å². The molecule has 3 aromatic rings. The van der Waals surface area contributed by atoms with Gasteiger partial charge >= 0.3 is 0 Å². The van der Waals surface area contributed by atoms with E-state index in [1.165, 1.54) is 6.33 Å². The number of nitrogens with zero attached hydrogens (tertiary/aromatic N) is 5. The molecule has 4 rings (SSSR count). The SMILES string of the molecule is CC(C)C(=O)NC1CCN(c2ncnc3nnc4[nH]ccc4c23)C1. The molecule has 8 heteroatoms. The molecule has 24 heavy (non-hydrogen) atoms. The standard InChI is InChI=1S/C16H19N7O/c1-9(2)16(24)20-10-4-6-23(7-10)15-12-11-3-5-17-13(11)21-22-14(12)18-8-19-15/h3,5,8-10H,4,6-7H2,1-2H3,(H,17,21)(H,20,24). The predicted molar refractivity (Wildman–Crippen MR) is 90.6 cm³/mol. The van der Waals surface area contributed by atoms with E-state index >= 15 is 0 Å². The first kappa shape index (κ1) is 14.8. The van der Waals surface area contributed by atoms with Crippen molar-refractivity contribution in [1.29, 1.82) is 0 Å². The first-order valence-corrected chi connectivity index (χ1v) is 8.13. The van der Waals surface area contributed by atoms with Gasteiger partial charge in [0.2, 0.25) is 5.91 Å². The topological polar surface area (TPSA) is 99.7 Å². The zero-order valence-electron chi connectivity index (χ0n) is 13.7. The Kier molecular flexibility index (Phi) is 3.51. The van der Waals surface area contributed by atoms with Crippen LogP contribution in [0.15, 0.2) is 18.6 Å². The second-order valence-electron chi connectivity index (χ2n) is 6.43. The molecule has 0 bridgehead atoms. The van der Waals surface area contributed by atoms with Crippen molar-refractivity contribution in [3.63, 3.8) is 0 Å². The van der Waals surface area contributed by atoms with Crippen molar-refractivity contribution in [3.05, 3.63) is 18.6 Å². The molecule has 0 radical (unpaired) electrons. The summed E-state index contributed by atoms with van der Waals surface area (Å²) in [6.07, 6.45) is 4.26. The smallest absolute Gasteiger partial charge is 0.222 e. The van der Waals surface area contributed by atoms with Crippen molar-refractivity contribution in [2.75, 3.05) is 18.0 Å². The molecule has 0 saturated carbocycles. The summed E-state index contributed by atoms with van der Waals surface area (Å²) < 4.78 is 0. The van der Waals surface area contributed by atoms with Gasteiger partial charge in [0.05, 0.1) is 5.39 Å². The summed E-state index contributed by atoms with van der Waals surface area (Å²) in [4.78, 5) is 25.9. The number of carbonyl (C=O) groups excluding carboxylic acids is 1. The zero-order chi connectivity index (χ0) is 16.7. The quantitative estimate of drug-likeness (QED) is 0.752. The van der Waals surface area contributed by atoms with Crippen LogP contribution in [0.2, 0.25) is 0 Å². The fourth-order valence-electron chi connectivity index (χ4n) is 3.10. The summed E-state index contributed by atoms with van der Waals surface area (Å²) in [5.41, 5.74) is 1.31. The lowest BCUT2D eigenvalue weighted by Gasteiger charge is -2.19. The minimum absolute atomic E-state index is 0.00585. The van der Waals surface area contributed by atoms with Crippen molar-refractivity contribution >= 4 is 33.8 Å². The van der Waals surface area contributed by atoms with Gasteiger partial charge in [-0.15, -0.1) is 10.2 Å². The zero-order valence-corrected chi connectivity index (χ0v) is 13.7. The average molecular weight is 325 g/mol. The van der Waals surface area contributed by atoms with Crippen LogP contribution in [0.5, 0.6) is 0 Å². The summed E-state index contributed by atoms with van der Waals surface area (Å²) in [6, 6.07) is 2.11. The Morgan fingerprint density at radius 2 is 2.25 bits per heavy atom. The largest absolute Gasteiger partial charge is 0.354 e. The van der Waals surface area contributed by atoms with Crippen molar-refractivity contribution in [2.24, 2.45) is 5.92 Å².